The summed E-state index contributed by atoms with van der Waals surface area (Å²) in [6, 6.07) is 9.29. The van der Waals surface area contributed by atoms with Crippen LogP contribution in [0, 0.1) is 0 Å². The van der Waals surface area contributed by atoms with Crippen LogP contribution in [0.15, 0.2) is 36.4 Å². The van der Waals surface area contributed by atoms with Gasteiger partial charge in [0, 0.05) is 21.5 Å². The lowest BCUT2D eigenvalue weighted by Crippen LogP contribution is -2.56. The Morgan fingerprint density at radius 2 is 1.45 bits per heavy atom. The Bertz CT molecular complexity index is 1850. The maximum absolute atomic E-state index is 13.2. The number of ether oxygens (including phenoxy) is 1. The molecule has 2 aromatic heterocycles. The van der Waals surface area contributed by atoms with E-state index in [1.54, 1.807) is 24.3 Å². The number of benzene rings is 3. The number of hydrogen-bond acceptors (Lipinski definition) is 9. The quantitative estimate of drug-likeness (QED) is 0.155. The molecule has 1 fully saturated rings. The summed E-state index contributed by atoms with van der Waals surface area (Å²) >= 11 is 0. The molecule has 3 aromatic carbocycles. The average Bonchev–Trinajstić information content (AvgIpc) is 3.53. The summed E-state index contributed by atoms with van der Waals surface area (Å²) in [6.07, 6.45) is -7.75. The van der Waals surface area contributed by atoms with Crippen LogP contribution in [-0.2, 0) is 4.74 Å². The topological polar surface area (TPSA) is 197 Å². The van der Waals surface area contributed by atoms with E-state index in [0.717, 1.165) is 0 Å². The smallest absolute Gasteiger partial charge is 0.259 e. The molecule has 0 spiro atoms. The minimum absolute atomic E-state index is 0.0423. The number of aromatic amines is 1. The van der Waals surface area contributed by atoms with Gasteiger partial charge >= 0.3 is 0 Å². The van der Waals surface area contributed by atoms with E-state index in [2.05, 4.69) is 10.3 Å². The van der Waals surface area contributed by atoms with Crippen molar-refractivity contribution in [1.29, 1.82) is 0 Å². The molecule has 0 bridgehead atoms. The molecule has 38 heavy (non-hydrogen) atoms. The van der Waals surface area contributed by atoms with Crippen LogP contribution in [0.5, 0.6) is 11.5 Å². The van der Waals surface area contributed by atoms with Gasteiger partial charge in [-0.2, -0.15) is 0 Å². The van der Waals surface area contributed by atoms with E-state index in [-0.39, 0.29) is 39.0 Å². The summed E-state index contributed by atoms with van der Waals surface area (Å²) in [4.78, 5) is 29.4. The van der Waals surface area contributed by atoms with Crippen LogP contribution in [0.25, 0.3) is 43.6 Å². The third kappa shape index (κ3) is 2.69. The second-order valence-electron chi connectivity index (χ2n) is 9.59. The Labute approximate surface area is 211 Å². The van der Waals surface area contributed by atoms with Crippen molar-refractivity contribution in [2.45, 2.75) is 30.6 Å². The molecule has 12 heteroatoms. The van der Waals surface area contributed by atoms with Gasteiger partial charge in [0.05, 0.1) is 39.8 Å². The molecule has 2 amide bonds. The fourth-order valence-electron chi connectivity index (χ4n) is 5.97. The highest BCUT2D eigenvalue weighted by Gasteiger charge is 2.46. The number of hydrogen-bond donors (Lipinski definition) is 8. The zero-order valence-corrected chi connectivity index (χ0v) is 19.4. The van der Waals surface area contributed by atoms with E-state index < -0.39 is 49.1 Å². The highest BCUT2D eigenvalue weighted by atomic mass is 16.6. The maximum Gasteiger partial charge on any atom is 0.259 e. The van der Waals surface area contributed by atoms with E-state index in [0.29, 0.717) is 27.2 Å². The number of phenols is 2. The second-order valence-corrected chi connectivity index (χ2v) is 9.59. The number of imide groups is 1. The molecule has 5 aromatic rings. The van der Waals surface area contributed by atoms with Crippen LogP contribution < -0.4 is 5.32 Å². The third-order valence-corrected chi connectivity index (χ3v) is 7.60. The van der Waals surface area contributed by atoms with Gasteiger partial charge in [-0.25, -0.2) is 0 Å². The highest BCUT2D eigenvalue weighted by molar-refractivity contribution is 6.39. The summed E-state index contributed by atoms with van der Waals surface area (Å²) in [7, 11) is 0. The highest BCUT2D eigenvalue weighted by Crippen LogP contribution is 2.48. The SMILES string of the molecule is O=C1NC(=O)c2c1c1c3cccc(O)c3[nH]c1c1c2c2cccc(O)c2n1[C@@H]1O[C@H](CO)[C@@H](O)[C@H](O)[C@H]1O. The first-order chi connectivity index (χ1) is 18.2. The fraction of sp³-hybridized carbons (Fsp3) is 0.231. The predicted molar refractivity (Wildman–Crippen MR) is 133 cm³/mol. The van der Waals surface area contributed by atoms with Crippen LogP contribution in [0.2, 0.25) is 0 Å². The van der Waals surface area contributed by atoms with Crippen molar-refractivity contribution in [1.82, 2.24) is 14.9 Å². The van der Waals surface area contributed by atoms with Gasteiger partial charge in [0.2, 0.25) is 0 Å². The number of carbonyl (C=O) groups is 2. The number of aliphatic hydroxyl groups excluding tert-OH is 4. The van der Waals surface area contributed by atoms with Gasteiger partial charge in [0.15, 0.2) is 6.23 Å². The first-order valence-electron chi connectivity index (χ1n) is 11.9. The number of H-pyrrole nitrogens is 1. The Kier molecular flexibility index (Phi) is 4.63. The number of phenolic OH excluding ortho intramolecular Hbond substituents is 2. The monoisotopic (exact) mass is 519 g/mol. The normalized spacial score (nSPS) is 25.6. The number of aliphatic hydroxyl groups is 4. The molecule has 0 unspecified atom stereocenters. The first-order valence-corrected chi connectivity index (χ1v) is 11.9. The van der Waals surface area contributed by atoms with E-state index in [1.165, 1.54) is 16.7 Å². The van der Waals surface area contributed by atoms with Crippen LogP contribution in [-0.4, -0.2) is 83.0 Å². The maximum atomic E-state index is 13.2. The largest absolute Gasteiger partial charge is 0.506 e. The van der Waals surface area contributed by atoms with Gasteiger partial charge in [0.1, 0.15) is 35.9 Å². The Morgan fingerprint density at radius 3 is 2.16 bits per heavy atom. The van der Waals surface area contributed by atoms with Gasteiger partial charge in [0.25, 0.3) is 11.8 Å². The van der Waals surface area contributed by atoms with Crippen molar-refractivity contribution < 1.29 is 45.0 Å². The number of carbonyl (C=O) groups excluding carboxylic acids is 2. The van der Waals surface area contributed by atoms with Crippen molar-refractivity contribution in [2.75, 3.05) is 6.61 Å². The number of aromatic hydroxyl groups is 2. The molecule has 0 aliphatic carbocycles. The first kappa shape index (κ1) is 23.0. The molecular weight excluding hydrogens is 498 g/mol. The van der Waals surface area contributed by atoms with E-state index >= 15 is 0 Å². The number of nitrogens with one attached hydrogen (secondary N) is 2. The lowest BCUT2D eigenvalue weighted by molar-refractivity contribution is -0.249. The molecule has 8 N–H and O–H groups in total. The molecule has 7 rings (SSSR count). The van der Waals surface area contributed by atoms with Crippen LogP contribution in [0.3, 0.4) is 0 Å². The molecule has 2 aliphatic heterocycles. The predicted octanol–water partition coefficient (Wildman–Crippen LogP) is 0.696. The molecule has 2 aliphatic rings. The molecule has 0 saturated carbocycles. The molecule has 194 valence electrons. The standard InChI is InChI=1S/C26H21N3O9/c30-7-12-21(33)22(34)23(35)26(38-12)29-19-9(4-2-6-11(19)32)14-16-15(24(36)28-25(16)37)13-8-3-1-5-10(31)17(8)27-18(13)20(14)29/h1-6,12,21-23,26-27,30-35H,7H2,(H,28,36,37)/t12-,21-,22+,23-,26-/m1/s1. The molecule has 5 atom stereocenters. The summed E-state index contributed by atoms with van der Waals surface area (Å²) in [5.74, 6) is -1.65. The number of amides is 2. The number of aromatic nitrogens is 2. The van der Waals surface area contributed by atoms with Crippen molar-refractivity contribution in [3.8, 4) is 11.5 Å². The Hall–Kier alpha value is -4.20. The van der Waals surface area contributed by atoms with Crippen LogP contribution in [0.1, 0.15) is 26.9 Å². The van der Waals surface area contributed by atoms with Gasteiger partial charge < -0.3 is 44.9 Å². The summed E-state index contributed by atoms with van der Waals surface area (Å²) < 4.78 is 7.25. The zero-order valence-electron chi connectivity index (χ0n) is 19.4. The van der Waals surface area contributed by atoms with Crippen molar-refractivity contribution in [3.63, 3.8) is 0 Å². The molecule has 0 radical (unpaired) electrons. The fourth-order valence-corrected chi connectivity index (χ4v) is 5.97. The third-order valence-electron chi connectivity index (χ3n) is 7.60. The lowest BCUT2D eigenvalue weighted by atomic mass is 9.96. The van der Waals surface area contributed by atoms with Crippen molar-refractivity contribution in [3.05, 3.63) is 47.5 Å². The summed E-state index contributed by atoms with van der Waals surface area (Å²) in [5.41, 5.74) is 1.08. The minimum atomic E-state index is -1.72. The summed E-state index contributed by atoms with van der Waals surface area (Å²) in [6.45, 7) is -0.674. The molecule has 12 nitrogen and oxygen atoms in total. The van der Waals surface area contributed by atoms with Gasteiger partial charge in [-0.05, 0) is 12.1 Å². The van der Waals surface area contributed by atoms with Crippen molar-refractivity contribution in [2.24, 2.45) is 0 Å². The summed E-state index contributed by atoms with van der Waals surface area (Å²) in [5, 5.41) is 67.1. The van der Waals surface area contributed by atoms with Gasteiger partial charge in [-0.1, -0.05) is 24.3 Å². The number of nitrogens with zero attached hydrogens (tertiary/aromatic N) is 1. The van der Waals surface area contributed by atoms with E-state index in [1.807, 2.05) is 0 Å². The van der Waals surface area contributed by atoms with Gasteiger partial charge in [-0.15, -0.1) is 0 Å². The number of rotatable bonds is 2. The number of fused-ring (bicyclic) bond motifs is 10. The Balaban J connectivity index is 1.74. The van der Waals surface area contributed by atoms with E-state index in [4.69, 9.17) is 4.74 Å². The average molecular weight is 519 g/mol. The molecular formula is C26H21N3O9. The zero-order chi connectivity index (χ0) is 26.6. The van der Waals surface area contributed by atoms with Crippen LogP contribution >= 0.6 is 0 Å². The van der Waals surface area contributed by atoms with E-state index in [9.17, 15) is 40.2 Å². The Morgan fingerprint density at radius 1 is 0.789 bits per heavy atom. The number of para-hydroxylation sites is 2. The second kappa shape index (κ2) is 7.66. The molecule has 1 saturated heterocycles. The van der Waals surface area contributed by atoms with Crippen LogP contribution in [0.4, 0.5) is 0 Å². The molecule has 4 heterocycles. The van der Waals surface area contributed by atoms with Gasteiger partial charge in [-0.3, -0.25) is 14.9 Å². The minimum Gasteiger partial charge on any atom is -0.506 e. The lowest BCUT2D eigenvalue weighted by Gasteiger charge is -2.41. The van der Waals surface area contributed by atoms with Crippen molar-refractivity contribution >= 4 is 55.4 Å².